The molecule has 1 heterocycles. The van der Waals surface area contributed by atoms with Crippen LogP contribution in [0.1, 0.15) is 33.1 Å². The number of rotatable bonds is 1. The van der Waals surface area contributed by atoms with Crippen molar-refractivity contribution in [2.45, 2.75) is 33.1 Å². The smallest absolute Gasteiger partial charge is 0.226 e. The maximum atomic E-state index is 11.3. The number of amides is 1. The van der Waals surface area contributed by atoms with E-state index in [1.807, 2.05) is 24.8 Å². The van der Waals surface area contributed by atoms with Crippen LogP contribution in [0.5, 0.6) is 0 Å². The van der Waals surface area contributed by atoms with Crippen molar-refractivity contribution in [3.05, 3.63) is 11.8 Å². The molecule has 0 spiro atoms. The van der Waals surface area contributed by atoms with Crippen molar-refractivity contribution in [1.82, 2.24) is 4.90 Å². The van der Waals surface area contributed by atoms with Gasteiger partial charge in [0.05, 0.1) is 0 Å². The zero-order chi connectivity index (χ0) is 8.27. The summed E-state index contributed by atoms with van der Waals surface area (Å²) in [5, 5.41) is 0. The summed E-state index contributed by atoms with van der Waals surface area (Å²) in [6.07, 6.45) is 4.93. The lowest BCUT2D eigenvalue weighted by Crippen LogP contribution is -2.33. The molecule has 0 atom stereocenters. The summed E-state index contributed by atoms with van der Waals surface area (Å²) in [7, 11) is 0. The molecule has 0 unspecified atom stereocenters. The van der Waals surface area contributed by atoms with Gasteiger partial charge in [-0.3, -0.25) is 4.79 Å². The van der Waals surface area contributed by atoms with Gasteiger partial charge in [0.25, 0.3) is 0 Å². The van der Waals surface area contributed by atoms with E-state index < -0.39 is 0 Å². The molecular weight excluding hydrogens is 138 g/mol. The molecule has 1 aliphatic rings. The van der Waals surface area contributed by atoms with Crippen molar-refractivity contribution < 1.29 is 4.79 Å². The molecule has 1 amide bonds. The van der Waals surface area contributed by atoms with E-state index in [-0.39, 0.29) is 5.91 Å². The van der Waals surface area contributed by atoms with Crippen molar-refractivity contribution in [2.24, 2.45) is 0 Å². The summed E-state index contributed by atoms with van der Waals surface area (Å²) in [4.78, 5) is 13.2. The Balaban J connectivity index is 2.62. The van der Waals surface area contributed by atoms with Gasteiger partial charge in [-0.05, 0) is 26.7 Å². The largest absolute Gasteiger partial charge is 0.317 e. The molecule has 2 heteroatoms. The van der Waals surface area contributed by atoms with Crippen LogP contribution in [0.4, 0.5) is 0 Å². The highest BCUT2D eigenvalue weighted by Gasteiger charge is 2.18. The minimum atomic E-state index is 0.284. The summed E-state index contributed by atoms with van der Waals surface area (Å²) < 4.78 is 0. The summed E-state index contributed by atoms with van der Waals surface area (Å²) >= 11 is 0. The van der Waals surface area contributed by atoms with Gasteiger partial charge >= 0.3 is 0 Å². The maximum Gasteiger partial charge on any atom is 0.226 e. The lowest BCUT2D eigenvalue weighted by molar-refractivity contribution is -0.131. The van der Waals surface area contributed by atoms with Crippen LogP contribution in [0.25, 0.3) is 0 Å². The van der Waals surface area contributed by atoms with Crippen LogP contribution >= 0.6 is 0 Å². The minimum absolute atomic E-state index is 0.284. The quantitative estimate of drug-likeness (QED) is 0.563. The first-order valence-electron chi connectivity index (χ1n) is 4.19. The number of likely N-dealkylation sites (tertiary alicyclic amines) is 1. The Morgan fingerprint density at radius 1 is 1.55 bits per heavy atom. The molecule has 1 aliphatic heterocycles. The first-order valence-corrected chi connectivity index (χ1v) is 4.19. The normalized spacial score (nSPS) is 20.7. The second-order valence-electron chi connectivity index (χ2n) is 2.93. The van der Waals surface area contributed by atoms with Crippen LogP contribution in [0, 0.1) is 0 Å². The molecule has 0 radical (unpaired) electrons. The Labute approximate surface area is 67.9 Å². The van der Waals surface area contributed by atoms with Gasteiger partial charge in [0, 0.05) is 18.7 Å². The second-order valence-corrected chi connectivity index (χ2v) is 2.93. The molecule has 0 N–H and O–H groups in total. The van der Waals surface area contributed by atoms with Gasteiger partial charge in [0.15, 0.2) is 0 Å². The Morgan fingerprint density at radius 2 is 2.27 bits per heavy atom. The fourth-order valence-electron chi connectivity index (χ4n) is 1.33. The standard InChI is InChI=1S/C9H15NO/c1-3-8(2)10-7-5-4-6-9(10)11/h3H,4-7H2,1-2H3/b8-3+. The lowest BCUT2D eigenvalue weighted by Gasteiger charge is -2.27. The zero-order valence-electron chi connectivity index (χ0n) is 7.26. The van der Waals surface area contributed by atoms with E-state index in [1.54, 1.807) is 0 Å². The summed E-state index contributed by atoms with van der Waals surface area (Å²) in [5.74, 6) is 0.284. The summed E-state index contributed by atoms with van der Waals surface area (Å²) in [5.41, 5.74) is 1.09. The molecule has 0 aromatic rings. The molecule has 62 valence electrons. The fourth-order valence-corrected chi connectivity index (χ4v) is 1.33. The Bertz CT molecular complexity index is 184. The third-order valence-corrected chi connectivity index (χ3v) is 2.17. The van der Waals surface area contributed by atoms with Crippen LogP contribution in [0.15, 0.2) is 11.8 Å². The number of nitrogens with zero attached hydrogens (tertiary/aromatic N) is 1. The molecule has 1 fully saturated rings. The second kappa shape index (κ2) is 3.56. The first-order chi connectivity index (χ1) is 5.25. The number of hydrogen-bond acceptors (Lipinski definition) is 1. The highest BCUT2D eigenvalue weighted by atomic mass is 16.2. The van der Waals surface area contributed by atoms with E-state index in [2.05, 4.69) is 0 Å². The SMILES string of the molecule is C/C=C(\C)N1CCCCC1=O. The predicted molar refractivity (Wildman–Crippen MR) is 45.0 cm³/mol. The molecule has 1 rings (SSSR count). The average Bonchev–Trinajstić information content (AvgIpc) is 2.04. The van der Waals surface area contributed by atoms with Crippen LogP contribution < -0.4 is 0 Å². The predicted octanol–water partition coefficient (Wildman–Crippen LogP) is 1.92. The van der Waals surface area contributed by atoms with E-state index in [4.69, 9.17) is 0 Å². The van der Waals surface area contributed by atoms with Gasteiger partial charge < -0.3 is 4.90 Å². The minimum Gasteiger partial charge on any atom is -0.317 e. The zero-order valence-corrected chi connectivity index (χ0v) is 7.26. The van der Waals surface area contributed by atoms with Crippen LogP contribution in [0.3, 0.4) is 0 Å². The van der Waals surface area contributed by atoms with Crippen molar-refractivity contribution in [3.8, 4) is 0 Å². The number of carbonyl (C=O) groups excluding carboxylic acids is 1. The van der Waals surface area contributed by atoms with Gasteiger partial charge in [0.1, 0.15) is 0 Å². The van der Waals surface area contributed by atoms with Gasteiger partial charge in [-0.1, -0.05) is 6.08 Å². The molecule has 0 bridgehead atoms. The highest BCUT2D eigenvalue weighted by Crippen LogP contribution is 2.15. The average molecular weight is 153 g/mol. The Kier molecular flexibility index (Phi) is 2.69. The summed E-state index contributed by atoms with van der Waals surface area (Å²) in [6, 6.07) is 0. The van der Waals surface area contributed by atoms with Crippen molar-refractivity contribution in [3.63, 3.8) is 0 Å². The molecule has 0 aromatic carbocycles. The molecule has 2 nitrogen and oxygen atoms in total. The van der Waals surface area contributed by atoms with Gasteiger partial charge in [0.2, 0.25) is 5.91 Å². The summed E-state index contributed by atoms with van der Waals surface area (Å²) in [6.45, 7) is 4.87. The third-order valence-electron chi connectivity index (χ3n) is 2.17. The van der Waals surface area contributed by atoms with E-state index in [9.17, 15) is 4.79 Å². The van der Waals surface area contributed by atoms with Gasteiger partial charge in [-0.15, -0.1) is 0 Å². The van der Waals surface area contributed by atoms with Gasteiger partial charge in [-0.2, -0.15) is 0 Å². The van der Waals surface area contributed by atoms with Crippen molar-refractivity contribution >= 4 is 5.91 Å². The van der Waals surface area contributed by atoms with E-state index in [1.165, 1.54) is 0 Å². The number of hydrogen-bond donors (Lipinski definition) is 0. The van der Waals surface area contributed by atoms with E-state index in [0.29, 0.717) is 0 Å². The number of allylic oxidation sites excluding steroid dienone is 2. The Morgan fingerprint density at radius 3 is 2.82 bits per heavy atom. The van der Waals surface area contributed by atoms with Crippen LogP contribution in [-0.2, 0) is 4.79 Å². The van der Waals surface area contributed by atoms with E-state index in [0.717, 1.165) is 31.5 Å². The fraction of sp³-hybridized carbons (Fsp3) is 0.667. The van der Waals surface area contributed by atoms with Gasteiger partial charge in [-0.25, -0.2) is 0 Å². The van der Waals surface area contributed by atoms with Crippen LogP contribution in [-0.4, -0.2) is 17.4 Å². The molecule has 1 saturated heterocycles. The van der Waals surface area contributed by atoms with Crippen molar-refractivity contribution in [2.75, 3.05) is 6.54 Å². The van der Waals surface area contributed by atoms with Crippen molar-refractivity contribution in [1.29, 1.82) is 0 Å². The molecule has 0 aliphatic carbocycles. The molecule has 11 heavy (non-hydrogen) atoms. The monoisotopic (exact) mass is 153 g/mol. The molecule has 0 aromatic heterocycles. The Hall–Kier alpha value is -0.790. The number of carbonyl (C=O) groups is 1. The van der Waals surface area contributed by atoms with E-state index >= 15 is 0 Å². The molecular formula is C9H15NO. The van der Waals surface area contributed by atoms with Crippen LogP contribution in [0.2, 0.25) is 0 Å². The third kappa shape index (κ3) is 1.82. The number of piperidine rings is 1. The maximum absolute atomic E-state index is 11.3. The first kappa shape index (κ1) is 8.31. The molecule has 0 saturated carbocycles. The highest BCUT2D eigenvalue weighted by molar-refractivity contribution is 5.78. The lowest BCUT2D eigenvalue weighted by atomic mass is 10.1. The topological polar surface area (TPSA) is 20.3 Å².